The third-order valence-electron chi connectivity index (χ3n) is 2.71. The maximum atomic E-state index is 13.6. The zero-order chi connectivity index (χ0) is 14.0. The van der Waals surface area contributed by atoms with Gasteiger partial charge in [-0.1, -0.05) is 6.07 Å². The van der Waals surface area contributed by atoms with Gasteiger partial charge in [0.1, 0.15) is 17.4 Å². The first-order valence-corrected chi connectivity index (χ1v) is 7.18. The Labute approximate surface area is 126 Å². The second-order valence-electron chi connectivity index (χ2n) is 4.07. The van der Waals surface area contributed by atoms with Gasteiger partial charge in [0.2, 0.25) is 0 Å². The minimum atomic E-state index is -0.554. The zero-order valence-electron chi connectivity index (χ0n) is 10.0. The van der Waals surface area contributed by atoms with Gasteiger partial charge in [-0.2, -0.15) is 0 Å². The van der Waals surface area contributed by atoms with E-state index in [1.54, 1.807) is 13.0 Å². The van der Waals surface area contributed by atoms with Gasteiger partial charge in [-0.25, -0.2) is 8.78 Å². The van der Waals surface area contributed by atoms with Gasteiger partial charge in [0, 0.05) is 11.6 Å². The third kappa shape index (κ3) is 3.43. The Balaban J connectivity index is 2.07. The predicted molar refractivity (Wildman–Crippen MR) is 75.7 cm³/mol. The highest BCUT2D eigenvalue weighted by Crippen LogP contribution is 2.27. The lowest BCUT2D eigenvalue weighted by atomic mass is 10.1. The number of nitrogens with one attached hydrogen (secondary N) is 1. The van der Waals surface area contributed by atoms with Gasteiger partial charge in [0.25, 0.3) is 0 Å². The maximum Gasteiger partial charge on any atom is 0.183 e. The molecule has 6 heteroatoms. The Bertz CT molecular complexity index is 546. The molecule has 0 radical (unpaired) electrons. The minimum Gasteiger partial charge on any atom is -0.452 e. The standard InChI is InChI=1S/C13H11Br2F2NO/c1-7(12-10(16)3-2-4-11(12)17)18-6-8-5-9(14)13(15)19-8/h2-5,7,18H,6H2,1H3. The monoisotopic (exact) mass is 393 g/mol. The number of hydrogen-bond acceptors (Lipinski definition) is 2. The molecule has 0 amide bonds. The van der Waals surface area contributed by atoms with Crippen molar-refractivity contribution in [2.45, 2.75) is 19.5 Å². The summed E-state index contributed by atoms with van der Waals surface area (Å²) in [6.07, 6.45) is 0. The van der Waals surface area contributed by atoms with E-state index in [2.05, 4.69) is 37.2 Å². The summed E-state index contributed by atoms with van der Waals surface area (Å²) in [5.74, 6) is -0.439. The fraction of sp³-hybridized carbons (Fsp3) is 0.231. The van der Waals surface area contributed by atoms with Crippen LogP contribution in [0.1, 0.15) is 24.3 Å². The summed E-state index contributed by atoms with van der Waals surface area (Å²) >= 11 is 6.53. The van der Waals surface area contributed by atoms with Gasteiger partial charge in [0.05, 0.1) is 11.0 Å². The van der Waals surface area contributed by atoms with Crippen LogP contribution in [-0.2, 0) is 6.54 Å². The normalized spacial score (nSPS) is 12.7. The van der Waals surface area contributed by atoms with E-state index >= 15 is 0 Å². The van der Waals surface area contributed by atoms with Crippen molar-refractivity contribution in [1.29, 1.82) is 0 Å². The Morgan fingerprint density at radius 3 is 2.42 bits per heavy atom. The van der Waals surface area contributed by atoms with Gasteiger partial charge < -0.3 is 9.73 Å². The van der Waals surface area contributed by atoms with Crippen LogP contribution in [0, 0.1) is 11.6 Å². The van der Waals surface area contributed by atoms with Crippen molar-refractivity contribution in [2.24, 2.45) is 0 Å². The second-order valence-corrected chi connectivity index (χ2v) is 5.65. The lowest BCUT2D eigenvalue weighted by Crippen LogP contribution is -2.20. The minimum absolute atomic E-state index is 0.0344. The van der Waals surface area contributed by atoms with E-state index in [0.717, 1.165) is 4.47 Å². The number of hydrogen-bond donors (Lipinski definition) is 1. The van der Waals surface area contributed by atoms with Crippen LogP contribution in [0.2, 0.25) is 0 Å². The molecule has 0 fully saturated rings. The molecule has 1 aromatic heterocycles. The predicted octanol–water partition coefficient (Wildman–Crippen LogP) is 4.93. The molecule has 1 N–H and O–H groups in total. The zero-order valence-corrected chi connectivity index (χ0v) is 13.2. The lowest BCUT2D eigenvalue weighted by Gasteiger charge is -2.14. The first-order chi connectivity index (χ1) is 8.99. The molecule has 0 aliphatic heterocycles. The maximum absolute atomic E-state index is 13.6. The fourth-order valence-corrected chi connectivity index (χ4v) is 2.42. The summed E-state index contributed by atoms with van der Waals surface area (Å²) in [6, 6.07) is 5.18. The van der Waals surface area contributed by atoms with Crippen molar-refractivity contribution < 1.29 is 13.2 Å². The second kappa shape index (κ2) is 6.15. The number of halogens is 4. The third-order valence-corrected chi connectivity index (χ3v) is 4.42. The molecule has 0 saturated heterocycles. The van der Waals surface area contributed by atoms with Crippen molar-refractivity contribution in [1.82, 2.24) is 5.32 Å². The Morgan fingerprint density at radius 2 is 1.89 bits per heavy atom. The van der Waals surface area contributed by atoms with E-state index in [1.165, 1.54) is 18.2 Å². The highest BCUT2D eigenvalue weighted by atomic mass is 79.9. The molecule has 0 saturated carbocycles. The van der Waals surface area contributed by atoms with Gasteiger partial charge in [-0.3, -0.25) is 0 Å². The molecular weight excluding hydrogens is 384 g/mol. The van der Waals surface area contributed by atoms with Gasteiger partial charge in [-0.05, 0) is 57.0 Å². The van der Waals surface area contributed by atoms with Crippen LogP contribution >= 0.6 is 31.9 Å². The first kappa shape index (κ1) is 14.7. The fourth-order valence-electron chi connectivity index (χ4n) is 1.76. The SMILES string of the molecule is CC(NCc1cc(Br)c(Br)o1)c1c(F)cccc1F. The smallest absolute Gasteiger partial charge is 0.183 e. The van der Waals surface area contributed by atoms with Gasteiger partial charge in [-0.15, -0.1) is 0 Å². The number of furan rings is 1. The lowest BCUT2D eigenvalue weighted by molar-refractivity contribution is 0.431. The highest BCUT2D eigenvalue weighted by Gasteiger charge is 2.16. The molecule has 1 heterocycles. The molecule has 0 bridgehead atoms. The molecule has 1 unspecified atom stereocenters. The first-order valence-electron chi connectivity index (χ1n) is 5.60. The van der Waals surface area contributed by atoms with E-state index < -0.39 is 17.7 Å². The average Bonchev–Trinajstić information content (AvgIpc) is 2.66. The van der Waals surface area contributed by atoms with Crippen LogP contribution in [-0.4, -0.2) is 0 Å². The summed E-state index contributed by atoms with van der Waals surface area (Å²) in [5.41, 5.74) is 0.0344. The van der Waals surface area contributed by atoms with Gasteiger partial charge >= 0.3 is 0 Å². The molecule has 0 spiro atoms. The van der Waals surface area contributed by atoms with Crippen molar-refractivity contribution in [3.8, 4) is 0 Å². The quantitative estimate of drug-likeness (QED) is 0.794. The number of rotatable bonds is 4. The molecule has 2 aromatic rings. The summed E-state index contributed by atoms with van der Waals surface area (Å²) < 4.78 is 33.9. The van der Waals surface area contributed by atoms with Crippen molar-refractivity contribution >= 4 is 31.9 Å². The van der Waals surface area contributed by atoms with E-state index in [9.17, 15) is 8.78 Å². The van der Waals surface area contributed by atoms with Crippen molar-refractivity contribution in [2.75, 3.05) is 0 Å². The molecule has 1 atom stereocenters. The Kier molecular flexibility index (Phi) is 4.76. The van der Waals surface area contributed by atoms with E-state index in [1.807, 2.05) is 0 Å². The molecule has 1 aromatic carbocycles. The largest absolute Gasteiger partial charge is 0.452 e. The Morgan fingerprint density at radius 1 is 1.26 bits per heavy atom. The molecule has 2 nitrogen and oxygen atoms in total. The van der Waals surface area contributed by atoms with Gasteiger partial charge in [0.15, 0.2) is 4.67 Å². The molecule has 2 rings (SSSR count). The van der Waals surface area contributed by atoms with E-state index in [4.69, 9.17) is 4.42 Å². The molecule has 0 aliphatic rings. The molecular formula is C13H11Br2F2NO. The summed E-state index contributed by atoms with van der Waals surface area (Å²) in [7, 11) is 0. The van der Waals surface area contributed by atoms with Crippen LogP contribution in [0.4, 0.5) is 8.78 Å². The van der Waals surface area contributed by atoms with Crippen LogP contribution in [0.3, 0.4) is 0 Å². The topological polar surface area (TPSA) is 25.2 Å². The van der Waals surface area contributed by atoms with Crippen LogP contribution in [0.15, 0.2) is 37.8 Å². The summed E-state index contributed by atoms with van der Waals surface area (Å²) in [4.78, 5) is 0. The van der Waals surface area contributed by atoms with E-state index in [0.29, 0.717) is 17.0 Å². The summed E-state index contributed by atoms with van der Waals surface area (Å²) in [6.45, 7) is 2.08. The average molecular weight is 395 g/mol. The van der Waals surface area contributed by atoms with Crippen molar-refractivity contribution in [3.05, 3.63) is 56.4 Å². The van der Waals surface area contributed by atoms with E-state index in [-0.39, 0.29) is 5.56 Å². The molecule has 102 valence electrons. The van der Waals surface area contributed by atoms with Crippen LogP contribution in [0.25, 0.3) is 0 Å². The number of benzene rings is 1. The summed E-state index contributed by atoms with van der Waals surface area (Å²) in [5, 5.41) is 3.02. The molecule has 19 heavy (non-hydrogen) atoms. The highest BCUT2D eigenvalue weighted by molar-refractivity contribution is 9.13. The van der Waals surface area contributed by atoms with Crippen LogP contribution in [0.5, 0.6) is 0 Å². The molecule has 0 aliphatic carbocycles. The van der Waals surface area contributed by atoms with Crippen molar-refractivity contribution in [3.63, 3.8) is 0 Å². The van der Waals surface area contributed by atoms with Crippen LogP contribution < -0.4 is 5.32 Å². The Hall–Kier alpha value is -0.720.